The molecule has 0 spiro atoms. The summed E-state index contributed by atoms with van der Waals surface area (Å²) in [5.41, 5.74) is 6.15. The third-order valence-electron chi connectivity index (χ3n) is 2.10. The Morgan fingerprint density at radius 2 is 2.31 bits per heavy atom. The van der Waals surface area contributed by atoms with Gasteiger partial charge in [-0.05, 0) is 18.1 Å². The molecule has 0 aliphatic carbocycles. The van der Waals surface area contributed by atoms with Gasteiger partial charge in [-0.3, -0.25) is 10.1 Å². The Morgan fingerprint density at radius 3 is 2.81 bits per heavy atom. The van der Waals surface area contributed by atoms with Crippen molar-refractivity contribution < 1.29 is 9.66 Å². The topological polar surface area (TPSA) is 78.4 Å². The van der Waals surface area contributed by atoms with Crippen LogP contribution in [0.2, 0.25) is 0 Å². The molecule has 0 unspecified atom stereocenters. The lowest BCUT2D eigenvalue weighted by molar-refractivity contribution is -0.385. The van der Waals surface area contributed by atoms with E-state index in [4.69, 9.17) is 22.7 Å². The zero-order chi connectivity index (χ0) is 12.1. The summed E-state index contributed by atoms with van der Waals surface area (Å²) in [6, 6.07) is 4.83. The van der Waals surface area contributed by atoms with Crippen LogP contribution in [0, 0.1) is 10.1 Å². The van der Waals surface area contributed by atoms with Gasteiger partial charge in [0.1, 0.15) is 0 Å². The first-order chi connectivity index (χ1) is 7.54. The summed E-state index contributed by atoms with van der Waals surface area (Å²) in [7, 11) is 1.40. The molecule has 0 heterocycles. The third kappa shape index (κ3) is 3.16. The number of hydrogen-bond acceptors (Lipinski definition) is 4. The number of nitrogens with zero attached hydrogens (tertiary/aromatic N) is 1. The highest BCUT2D eigenvalue weighted by Gasteiger charge is 2.14. The first-order valence-corrected chi connectivity index (χ1v) is 5.05. The number of rotatable bonds is 5. The highest BCUT2D eigenvalue weighted by Crippen LogP contribution is 2.27. The zero-order valence-corrected chi connectivity index (χ0v) is 9.62. The smallest absolute Gasteiger partial charge is 0.311 e. The Kier molecular flexibility index (Phi) is 4.19. The van der Waals surface area contributed by atoms with Crippen LogP contribution in [0.25, 0.3) is 0 Å². The van der Waals surface area contributed by atoms with Crippen LogP contribution in [0.1, 0.15) is 12.0 Å². The summed E-state index contributed by atoms with van der Waals surface area (Å²) in [6.45, 7) is 0. The fraction of sp³-hybridized carbons (Fsp3) is 0.300. The van der Waals surface area contributed by atoms with Crippen molar-refractivity contribution in [3.05, 3.63) is 33.9 Å². The molecule has 1 aromatic rings. The molecule has 0 amide bonds. The summed E-state index contributed by atoms with van der Waals surface area (Å²) in [5, 5.41) is 10.7. The summed E-state index contributed by atoms with van der Waals surface area (Å²) < 4.78 is 4.90. The van der Waals surface area contributed by atoms with Crippen LogP contribution < -0.4 is 10.5 Å². The highest BCUT2D eigenvalue weighted by molar-refractivity contribution is 7.80. The van der Waals surface area contributed by atoms with Crippen molar-refractivity contribution in [2.45, 2.75) is 12.8 Å². The van der Waals surface area contributed by atoms with Gasteiger partial charge < -0.3 is 10.5 Å². The van der Waals surface area contributed by atoms with E-state index in [0.29, 0.717) is 17.8 Å². The molecular formula is C10H12N2O3S. The molecule has 5 nitrogen and oxygen atoms in total. The van der Waals surface area contributed by atoms with E-state index in [-0.39, 0.29) is 11.4 Å². The molecule has 0 saturated heterocycles. The third-order valence-corrected chi connectivity index (χ3v) is 2.30. The van der Waals surface area contributed by atoms with Gasteiger partial charge in [-0.2, -0.15) is 0 Å². The van der Waals surface area contributed by atoms with Gasteiger partial charge in [-0.1, -0.05) is 18.3 Å². The Labute approximate surface area is 98.4 Å². The van der Waals surface area contributed by atoms with Gasteiger partial charge in [0.2, 0.25) is 0 Å². The van der Waals surface area contributed by atoms with E-state index in [0.717, 1.165) is 5.56 Å². The van der Waals surface area contributed by atoms with E-state index in [9.17, 15) is 10.1 Å². The van der Waals surface area contributed by atoms with E-state index in [2.05, 4.69) is 0 Å². The molecule has 1 rings (SSSR count). The first-order valence-electron chi connectivity index (χ1n) is 4.64. The monoisotopic (exact) mass is 240 g/mol. The fourth-order valence-corrected chi connectivity index (χ4v) is 1.40. The Bertz CT molecular complexity index is 421. The van der Waals surface area contributed by atoms with Gasteiger partial charge in [-0.15, -0.1) is 0 Å². The molecule has 86 valence electrons. The fourth-order valence-electron chi connectivity index (χ4n) is 1.30. The average molecular weight is 240 g/mol. The minimum atomic E-state index is -0.469. The second-order valence-electron chi connectivity index (χ2n) is 3.23. The average Bonchev–Trinajstić information content (AvgIpc) is 2.25. The largest absolute Gasteiger partial charge is 0.490 e. The molecule has 0 saturated carbocycles. The SMILES string of the molecule is COc1ccc(CCC(N)=S)cc1[N+](=O)[O-]. The normalized spacial score (nSPS) is 9.81. The van der Waals surface area contributed by atoms with Gasteiger partial charge in [-0.25, -0.2) is 0 Å². The van der Waals surface area contributed by atoms with Gasteiger partial charge in [0.15, 0.2) is 5.75 Å². The van der Waals surface area contributed by atoms with Crippen molar-refractivity contribution in [2.24, 2.45) is 5.73 Å². The Balaban J connectivity index is 2.93. The van der Waals surface area contributed by atoms with E-state index in [1.54, 1.807) is 12.1 Å². The van der Waals surface area contributed by atoms with Crippen LogP contribution in [0.3, 0.4) is 0 Å². The van der Waals surface area contributed by atoms with Crippen molar-refractivity contribution in [3.8, 4) is 5.75 Å². The standard InChI is InChI=1S/C10H12N2O3S/c1-15-9-4-2-7(3-5-10(11)16)6-8(9)12(13)14/h2,4,6H,3,5H2,1H3,(H2,11,16). The highest BCUT2D eigenvalue weighted by atomic mass is 32.1. The van der Waals surface area contributed by atoms with Crippen molar-refractivity contribution in [2.75, 3.05) is 7.11 Å². The van der Waals surface area contributed by atoms with Gasteiger partial charge in [0, 0.05) is 12.5 Å². The van der Waals surface area contributed by atoms with E-state index < -0.39 is 4.92 Å². The number of nitro groups is 1. The number of hydrogen-bond donors (Lipinski definition) is 1. The van der Waals surface area contributed by atoms with Gasteiger partial charge in [0.25, 0.3) is 0 Å². The summed E-state index contributed by atoms with van der Waals surface area (Å²) in [5.74, 6) is 0.254. The number of ether oxygens (including phenoxy) is 1. The van der Waals surface area contributed by atoms with Gasteiger partial charge >= 0.3 is 5.69 Å². The van der Waals surface area contributed by atoms with Crippen molar-refractivity contribution in [3.63, 3.8) is 0 Å². The van der Waals surface area contributed by atoms with Crippen LogP contribution >= 0.6 is 12.2 Å². The van der Waals surface area contributed by atoms with Crippen molar-refractivity contribution >= 4 is 22.9 Å². The predicted molar refractivity (Wildman–Crippen MR) is 64.8 cm³/mol. The molecule has 0 aliphatic heterocycles. The van der Waals surface area contributed by atoms with Crippen LogP contribution in [-0.2, 0) is 6.42 Å². The molecule has 0 fully saturated rings. The maximum atomic E-state index is 10.7. The Morgan fingerprint density at radius 1 is 1.62 bits per heavy atom. The van der Waals surface area contributed by atoms with Crippen LogP contribution in [0.4, 0.5) is 5.69 Å². The molecule has 1 aromatic carbocycles. The first kappa shape index (κ1) is 12.4. The number of nitro benzene ring substituents is 1. The minimum absolute atomic E-state index is 0.0389. The summed E-state index contributed by atoms with van der Waals surface area (Å²) >= 11 is 4.75. The second kappa shape index (κ2) is 5.41. The predicted octanol–water partition coefficient (Wildman–Crippen LogP) is 1.82. The Hall–Kier alpha value is -1.69. The maximum absolute atomic E-state index is 10.7. The molecular weight excluding hydrogens is 228 g/mol. The number of aryl methyl sites for hydroxylation is 1. The minimum Gasteiger partial charge on any atom is -0.490 e. The van der Waals surface area contributed by atoms with Crippen LogP contribution in [-0.4, -0.2) is 17.0 Å². The van der Waals surface area contributed by atoms with Gasteiger partial charge in [0.05, 0.1) is 17.0 Å². The molecule has 0 atom stereocenters. The van der Waals surface area contributed by atoms with Crippen molar-refractivity contribution in [1.82, 2.24) is 0 Å². The molecule has 16 heavy (non-hydrogen) atoms. The number of methoxy groups -OCH3 is 1. The number of benzene rings is 1. The molecule has 2 N–H and O–H groups in total. The summed E-state index contributed by atoms with van der Waals surface area (Å²) in [6.07, 6.45) is 1.14. The lowest BCUT2D eigenvalue weighted by atomic mass is 10.1. The molecule has 0 radical (unpaired) electrons. The number of nitrogens with two attached hydrogens (primary N) is 1. The molecule has 6 heteroatoms. The maximum Gasteiger partial charge on any atom is 0.311 e. The lowest BCUT2D eigenvalue weighted by Gasteiger charge is -2.04. The van der Waals surface area contributed by atoms with E-state index >= 15 is 0 Å². The number of thiocarbonyl (C=S) groups is 1. The van der Waals surface area contributed by atoms with E-state index in [1.807, 2.05) is 0 Å². The van der Waals surface area contributed by atoms with Crippen LogP contribution in [0.15, 0.2) is 18.2 Å². The zero-order valence-electron chi connectivity index (χ0n) is 8.80. The molecule has 0 aliphatic rings. The van der Waals surface area contributed by atoms with Crippen molar-refractivity contribution in [1.29, 1.82) is 0 Å². The second-order valence-corrected chi connectivity index (χ2v) is 3.75. The quantitative estimate of drug-likeness (QED) is 0.482. The van der Waals surface area contributed by atoms with E-state index in [1.165, 1.54) is 13.2 Å². The lowest BCUT2D eigenvalue weighted by Crippen LogP contribution is -2.08. The summed E-state index contributed by atoms with van der Waals surface area (Å²) in [4.78, 5) is 10.7. The molecule has 0 aromatic heterocycles. The molecule has 0 bridgehead atoms. The van der Waals surface area contributed by atoms with Crippen LogP contribution in [0.5, 0.6) is 5.75 Å².